The Morgan fingerprint density at radius 1 is 1.29 bits per heavy atom. The number of nitrogens with zero attached hydrogens (tertiary/aromatic N) is 5. The van der Waals surface area contributed by atoms with Crippen LogP contribution in [0.25, 0.3) is 0 Å². The standard InChI is InChI=1S/C15H30N6/c1-4-16-11-15-13-21(18-17-15)10-9-20-7-5-14(6-8-20)12-19(2)3/h13-14,16H,4-12H2,1-3H3. The first-order chi connectivity index (χ1) is 10.2. The molecule has 1 aliphatic rings. The van der Waals surface area contributed by atoms with E-state index in [0.717, 1.165) is 37.8 Å². The normalized spacial score (nSPS) is 17.7. The minimum absolute atomic E-state index is 0.812. The molecule has 0 radical (unpaired) electrons. The van der Waals surface area contributed by atoms with Crippen LogP contribution < -0.4 is 5.32 Å². The highest BCUT2D eigenvalue weighted by Gasteiger charge is 2.19. The van der Waals surface area contributed by atoms with Crippen LogP contribution in [0.2, 0.25) is 0 Å². The SMILES string of the molecule is CCNCc1cn(CCN2CCC(CN(C)C)CC2)nn1. The molecule has 2 heterocycles. The highest BCUT2D eigenvalue weighted by molar-refractivity contribution is 4.91. The average molecular weight is 294 g/mol. The minimum atomic E-state index is 0.812. The predicted octanol–water partition coefficient (Wildman–Crippen LogP) is 0.661. The van der Waals surface area contributed by atoms with Gasteiger partial charge in [-0.1, -0.05) is 12.1 Å². The van der Waals surface area contributed by atoms with Gasteiger partial charge in [-0.05, 0) is 52.5 Å². The maximum Gasteiger partial charge on any atom is 0.0964 e. The molecule has 1 fully saturated rings. The van der Waals surface area contributed by atoms with Crippen molar-refractivity contribution < 1.29 is 0 Å². The molecule has 21 heavy (non-hydrogen) atoms. The van der Waals surface area contributed by atoms with Gasteiger partial charge in [-0.15, -0.1) is 5.10 Å². The number of rotatable bonds is 8. The average Bonchev–Trinajstić information content (AvgIpc) is 2.92. The van der Waals surface area contributed by atoms with Gasteiger partial charge in [0.05, 0.1) is 12.2 Å². The van der Waals surface area contributed by atoms with Gasteiger partial charge in [0.25, 0.3) is 0 Å². The highest BCUT2D eigenvalue weighted by Crippen LogP contribution is 2.17. The van der Waals surface area contributed by atoms with E-state index in [0.29, 0.717) is 0 Å². The van der Waals surface area contributed by atoms with E-state index in [4.69, 9.17) is 0 Å². The second-order valence-corrected chi connectivity index (χ2v) is 6.30. The summed E-state index contributed by atoms with van der Waals surface area (Å²) in [7, 11) is 4.34. The van der Waals surface area contributed by atoms with Crippen LogP contribution in [0.3, 0.4) is 0 Å². The van der Waals surface area contributed by atoms with Crippen LogP contribution in [-0.4, -0.2) is 71.6 Å². The molecule has 6 heteroatoms. The monoisotopic (exact) mass is 294 g/mol. The van der Waals surface area contributed by atoms with Crippen LogP contribution in [-0.2, 0) is 13.1 Å². The number of likely N-dealkylation sites (tertiary alicyclic amines) is 1. The molecule has 1 saturated heterocycles. The van der Waals surface area contributed by atoms with Crippen molar-refractivity contribution in [2.45, 2.75) is 32.9 Å². The number of hydrogen-bond acceptors (Lipinski definition) is 5. The van der Waals surface area contributed by atoms with Crippen LogP contribution in [0.15, 0.2) is 6.20 Å². The Hall–Kier alpha value is -0.980. The van der Waals surface area contributed by atoms with E-state index >= 15 is 0 Å². The lowest BCUT2D eigenvalue weighted by Crippen LogP contribution is -2.38. The molecule has 0 atom stereocenters. The predicted molar refractivity (Wildman–Crippen MR) is 85.1 cm³/mol. The molecule has 1 N–H and O–H groups in total. The lowest BCUT2D eigenvalue weighted by Gasteiger charge is -2.33. The molecule has 0 saturated carbocycles. The summed E-state index contributed by atoms with van der Waals surface area (Å²) in [4.78, 5) is 4.86. The fraction of sp³-hybridized carbons (Fsp3) is 0.867. The zero-order valence-electron chi connectivity index (χ0n) is 13.8. The first kappa shape index (κ1) is 16.4. The zero-order chi connectivity index (χ0) is 15.1. The molecule has 0 aliphatic carbocycles. The summed E-state index contributed by atoms with van der Waals surface area (Å²) in [6, 6.07) is 0. The summed E-state index contributed by atoms with van der Waals surface area (Å²) in [6.45, 7) is 9.57. The smallest absolute Gasteiger partial charge is 0.0964 e. The summed E-state index contributed by atoms with van der Waals surface area (Å²) < 4.78 is 1.97. The number of hydrogen-bond donors (Lipinski definition) is 1. The first-order valence-corrected chi connectivity index (χ1v) is 8.14. The maximum absolute atomic E-state index is 4.20. The highest BCUT2D eigenvalue weighted by atomic mass is 15.4. The Labute approximate surface area is 128 Å². The summed E-state index contributed by atoms with van der Waals surface area (Å²) in [5, 5.41) is 11.7. The number of nitrogens with one attached hydrogen (secondary N) is 1. The van der Waals surface area contributed by atoms with E-state index in [1.165, 1.54) is 32.5 Å². The molecule has 6 nitrogen and oxygen atoms in total. The van der Waals surface area contributed by atoms with E-state index < -0.39 is 0 Å². The molecule has 0 amide bonds. The van der Waals surface area contributed by atoms with Gasteiger partial charge in [-0.3, -0.25) is 4.68 Å². The molecule has 2 rings (SSSR count). The Bertz CT molecular complexity index is 395. The fourth-order valence-electron chi connectivity index (χ4n) is 2.93. The van der Waals surface area contributed by atoms with Crippen molar-refractivity contribution in [2.75, 3.05) is 46.8 Å². The Morgan fingerprint density at radius 2 is 2.05 bits per heavy atom. The molecule has 0 bridgehead atoms. The van der Waals surface area contributed by atoms with Gasteiger partial charge in [0.2, 0.25) is 0 Å². The molecular weight excluding hydrogens is 264 g/mol. The van der Waals surface area contributed by atoms with Gasteiger partial charge in [-0.25, -0.2) is 0 Å². The molecule has 1 aromatic heterocycles. The largest absolute Gasteiger partial charge is 0.311 e. The van der Waals surface area contributed by atoms with E-state index in [1.807, 2.05) is 4.68 Å². The van der Waals surface area contributed by atoms with Crippen molar-refractivity contribution in [1.82, 2.24) is 30.1 Å². The number of piperidine rings is 1. The lowest BCUT2D eigenvalue weighted by atomic mass is 9.96. The second-order valence-electron chi connectivity index (χ2n) is 6.30. The van der Waals surface area contributed by atoms with Crippen molar-refractivity contribution >= 4 is 0 Å². The second kappa shape index (κ2) is 8.46. The van der Waals surface area contributed by atoms with Gasteiger partial charge in [-0.2, -0.15) is 0 Å². The molecule has 0 spiro atoms. The third-order valence-electron chi connectivity index (χ3n) is 4.12. The van der Waals surface area contributed by atoms with Gasteiger partial charge in [0.15, 0.2) is 0 Å². The maximum atomic E-state index is 4.20. The quantitative estimate of drug-likeness (QED) is 0.763. The Balaban J connectivity index is 1.66. The van der Waals surface area contributed by atoms with Gasteiger partial charge in [0.1, 0.15) is 0 Å². The van der Waals surface area contributed by atoms with E-state index in [2.05, 4.69) is 52.6 Å². The summed E-state index contributed by atoms with van der Waals surface area (Å²) in [5.41, 5.74) is 1.03. The number of aromatic nitrogens is 3. The lowest BCUT2D eigenvalue weighted by molar-refractivity contribution is 0.157. The Morgan fingerprint density at radius 3 is 2.71 bits per heavy atom. The van der Waals surface area contributed by atoms with Crippen LogP contribution in [0, 0.1) is 5.92 Å². The van der Waals surface area contributed by atoms with Crippen molar-refractivity contribution in [3.8, 4) is 0 Å². The van der Waals surface area contributed by atoms with Crippen LogP contribution >= 0.6 is 0 Å². The summed E-state index contributed by atoms with van der Waals surface area (Å²) in [5.74, 6) is 0.870. The first-order valence-electron chi connectivity index (χ1n) is 8.14. The van der Waals surface area contributed by atoms with Crippen molar-refractivity contribution in [2.24, 2.45) is 5.92 Å². The molecular formula is C15H30N6. The van der Waals surface area contributed by atoms with Crippen molar-refractivity contribution in [3.05, 3.63) is 11.9 Å². The van der Waals surface area contributed by atoms with Crippen molar-refractivity contribution in [1.29, 1.82) is 0 Å². The topological polar surface area (TPSA) is 49.2 Å². The van der Waals surface area contributed by atoms with Crippen LogP contribution in [0.1, 0.15) is 25.5 Å². The van der Waals surface area contributed by atoms with E-state index in [-0.39, 0.29) is 0 Å². The Kier molecular flexibility index (Phi) is 6.60. The van der Waals surface area contributed by atoms with Gasteiger partial charge in [0, 0.05) is 25.8 Å². The molecule has 0 unspecified atom stereocenters. The van der Waals surface area contributed by atoms with E-state index in [9.17, 15) is 0 Å². The fourth-order valence-corrected chi connectivity index (χ4v) is 2.93. The molecule has 0 aromatic carbocycles. The summed E-state index contributed by atoms with van der Waals surface area (Å²) in [6.07, 6.45) is 4.70. The van der Waals surface area contributed by atoms with Gasteiger partial charge >= 0.3 is 0 Å². The zero-order valence-corrected chi connectivity index (χ0v) is 13.8. The van der Waals surface area contributed by atoms with Gasteiger partial charge < -0.3 is 15.1 Å². The van der Waals surface area contributed by atoms with Crippen LogP contribution in [0.5, 0.6) is 0 Å². The summed E-state index contributed by atoms with van der Waals surface area (Å²) >= 11 is 0. The van der Waals surface area contributed by atoms with Crippen LogP contribution in [0.4, 0.5) is 0 Å². The third-order valence-corrected chi connectivity index (χ3v) is 4.12. The molecule has 1 aliphatic heterocycles. The molecule has 120 valence electrons. The van der Waals surface area contributed by atoms with E-state index in [1.54, 1.807) is 0 Å². The molecule has 1 aromatic rings. The van der Waals surface area contributed by atoms with Crippen molar-refractivity contribution in [3.63, 3.8) is 0 Å². The third kappa shape index (κ3) is 5.73. The minimum Gasteiger partial charge on any atom is -0.311 e.